The molecule has 5 saturated carbocycles. The van der Waals surface area contributed by atoms with Gasteiger partial charge in [-0.15, -0.1) is 0 Å². The molecule has 1 heterocycles. The van der Waals surface area contributed by atoms with E-state index in [1.165, 1.54) is 51.4 Å². The number of allylic oxidation sites excluding steroid dienone is 2. The molecule has 5 fully saturated rings. The van der Waals surface area contributed by atoms with Gasteiger partial charge in [0.15, 0.2) is 6.29 Å². The first kappa shape index (κ1) is 18.4. The number of methoxy groups -OCH3 is 1. The van der Waals surface area contributed by atoms with Crippen LogP contribution in [0.25, 0.3) is 0 Å². The summed E-state index contributed by atoms with van der Waals surface area (Å²) in [4.78, 5) is 0. The molecule has 0 amide bonds. The van der Waals surface area contributed by atoms with Gasteiger partial charge in [0.05, 0.1) is 11.3 Å². The van der Waals surface area contributed by atoms with Gasteiger partial charge in [-0.1, -0.05) is 23.7 Å². The molecule has 6 aliphatic carbocycles. The minimum Gasteiger partial charge on any atom is -0.411 e. The van der Waals surface area contributed by atoms with Crippen molar-refractivity contribution in [3.05, 3.63) is 23.8 Å². The highest BCUT2D eigenvalue weighted by Gasteiger charge is 2.78. The summed E-state index contributed by atoms with van der Waals surface area (Å²) in [6.45, 7) is 2.43. The normalized spacial score (nSPS) is 55.2. The van der Waals surface area contributed by atoms with Gasteiger partial charge >= 0.3 is 0 Å². The molecule has 0 aromatic heterocycles. The maximum atomic E-state index is 9.41. The first-order chi connectivity index (χ1) is 14.6. The highest BCUT2D eigenvalue weighted by molar-refractivity contribution is 5.96. The second-order valence-corrected chi connectivity index (χ2v) is 11.6. The van der Waals surface area contributed by atoms with Crippen molar-refractivity contribution in [1.82, 2.24) is 0 Å². The maximum Gasteiger partial charge on any atom is 0.177 e. The lowest BCUT2D eigenvalue weighted by molar-refractivity contribution is -0.211. The van der Waals surface area contributed by atoms with Crippen LogP contribution < -0.4 is 0 Å². The van der Waals surface area contributed by atoms with Gasteiger partial charge in [0, 0.05) is 12.5 Å². The van der Waals surface area contributed by atoms with Gasteiger partial charge in [-0.25, -0.2) is 0 Å². The molecule has 0 radical (unpaired) electrons. The number of ether oxygens (including phenoxy) is 2. The summed E-state index contributed by atoms with van der Waals surface area (Å²) in [7, 11) is 1.78. The van der Waals surface area contributed by atoms with Crippen molar-refractivity contribution in [2.45, 2.75) is 76.6 Å². The van der Waals surface area contributed by atoms with Gasteiger partial charge in [0.25, 0.3) is 0 Å². The van der Waals surface area contributed by atoms with E-state index in [-0.39, 0.29) is 11.9 Å². The van der Waals surface area contributed by atoms with E-state index >= 15 is 0 Å². The lowest BCUT2D eigenvalue weighted by Crippen LogP contribution is -2.57. The van der Waals surface area contributed by atoms with Gasteiger partial charge in [-0.2, -0.15) is 0 Å². The fraction of sp³-hybridized carbons (Fsp3) is 0.808. The van der Waals surface area contributed by atoms with E-state index < -0.39 is 0 Å². The molecule has 4 nitrogen and oxygen atoms in total. The first-order valence-electron chi connectivity index (χ1n) is 12.4. The average Bonchev–Trinajstić information content (AvgIpc) is 3.69. The van der Waals surface area contributed by atoms with E-state index in [1.54, 1.807) is 12.7 Å². The lowest BCUT2D eigenvalue weighted by atomic mass is 9.46. The monoisotopic (exact) mass is 409 g/mol. The molecule has 0 aromatic rings. The highest BCUT2D eigenvalue weighted by Crippen LogP contribution is 2.80. The molecule has 30 heavy (non-hydrogen) atoms. The highest BCUT2D eigenvalue weighted by atomic mass is 16.7. The van der Waals surface area contributed by atoms with Gasteiger partial charge in [0.2, 0.25) is 0 Å². The number of hydrogen-bond acceptors (Lipinski definition) is 4. The average molecular weight is 410 g/mol. The minimum absolute atomic E-state index is 0.0706. The van der Waals surface area contributed by atoms with Crippen molar-refractivity contribution in [2.75, 3.05) is 7.11 Å². The Bertz CT molecular complexity index is 872. The van der Waals surface area contributed by atoms with Crippen LogP contribution in [0.1, 0.15) is 64.7 Å². The third-order valence-electron chi connectivity index (χ3n) is 11.0. The van der Waals surface area contributed by atoms with Gasteiger partial charge in [0.1, 0.15) is 0 Å². The zero-order valence-corrected chi connectivity index (χ0v) is 18.3. The molecule has 0 bridgehead atoms. The van der Waals surface area contributed by atoms with Crippen molar-refractivity contribution in [3.8, 4) is 0 Å². The summed E-state index contributed by atoms with van der Waals surface area (Å²) in [5.74, 6) is 4.79. The molecular formula is C26H35NO3. The number of fused-ring (bicyclic) bond motifs is 10. The summed E-state index contributed by atoms with van der Waals surface area (Å²) in [6, 6.07) is 0. The van der Waals surface area contributed by atoms with Crippen molar-refractivity contribution in [2.24, 2.45) is 51.5 Å². The molecule has 1 N–H and O–H groups in total. The molecule has 4 unspecified atom stereocenters. The summed E-state index contributed by atoms with van der Waals surface area (Å²) >= 11 is 0. The molecule has 162 valence electrons. The Labute approximate surface area is 179 Å². The van der Waals surface area contributed by atoms with Crippen LogP contribution in [0.2, 0.25) is 0 Å². The molecule has 4 heteroatoms. The van der Waals surface area contributed by atoms with Crippen molar-refractivity contribution >= 4 is 5.71 Å². The van der Waals surface area contributed by atoms with Crippen LogP contribution >= 0.6 is 0 Å². The molecule has 2 spiro atoms. The van der Waals surface area contributed by atoms with Crippen molar-refractivity contribution in [1.29, 1.82) is 0 Å². The van der Waals surface area contributed by atoms with E-state index in [0.29, 0.717) is 16.7 Å². The molecular weight excluding hydrogens is 374 g/mol. The fourth-order valence-electron chi connectivity index (χ4n) is 9.82. The van der Waals surface area contributed by atoms with Crippen LogP contribution in [0, 0.1) is 46.3 Å². The second-order valence-electron chi connectivity index (χ2n) is 11.6. The third kappa shape index (κ3) is 2.00. The lowest BCUT2D eigenvalue weighted by Gasteiger charge is -2.60. The van der Waals surface area contributed by atoms with E-state index in [1.807, 2.05) is 0 Å². The van der Waals surface area contributed by atoms with E-state index in [2.05, 4.69) is 30.3 Å². The Morgan fingerprint density at radius 3 is 2.77 bits per heavy atom. The van der Waals surface area contributed by atoms with Crippen LogP contribution in [0.3, 0.4) is 0 Å². The quantitative estimate of drug-likeness (QED) is 0.381. The standard InChI is InChI=1S/C26H35NO3/c1-3-25-8-6-16-17-5-4-15(27-28)12-20(17)24(10-11-24)14-19(16)23(25)18-13-21(18)26(25)9-7-22(29-2)30-26/h7,9,12,16-19,21-23,28H,3-6,8,10-11,13-14H2,1-2H3/b27-15+/t16?,17-,18-,19?,21+,22?,23?,25+,26+/m1/s1. The second kappa shape index (κ2) is 5.81. The number of nitrogens with zero attached hydrogens (tertiary/aromatic N) is 1. The van der Waals surface area contributed by atoms with Crippen LogP contribution in [-0.4, -0.2) is 29.9 Å². The summed E-state index contributed by atoms with van der Waals surface area (Å²) < 4.78 is 12.4. The summed E-state index contributed by atoms with van der Waals surface area (Å²) in [5, 5.41) is 13.0. The Morgan fingerprint density at radius 2 is 2.07 bits per heavy atom. The van der Waals surface area contributed by atoms with Gasteiger partial charge < -0.3 is 14.7 Å². The number of rotatable bonds is 2. The Kier molecular flexibility index (Phi) is 3.57. The van der Waals surface area contributed by atoms with Crippen LogP contribution in [0.4, 0.5) is 0 Å². The van der Waals surface area contributed by atoms with Crippen molar-refractivity contribution in [3.63, 3.8) is 0 Å². The van der Waals surface area contributed by atoms with E-state index in [0.717, 1.165) is 41.7 Å². The van der Waals surface area contributed by atoms with Gasteiger partial charge in [-0.05, 0) is 111 Å². The predicted octanol–water partition coefficient (Wildman–Crippen LogP) is 5.32. The minimum atomic E-state index is -0.156. The SMILES string of the molecule is CC[C@]12CCC3C(CC4(CC4)C4=C/C(=N/O)CC[C@@H]43)C1[C@@H]1C[C@@H]1[C@@]21C=CC(OC)O1. The van der Waals surface area contributed by atoms with Crippen LogP contribution in [0.5, 0.6) is 0 Å². The molecule has 0 aromatic carbocycles. The number of hydrogen-bond donors (Lipinski definition) is 1. The van der Waals surface area contributed by atoms with Crippen LogP contribution in [0.15, 0.2) is 29.0 Å². The summed E-state index contributed by atoms with van der Waals surface area (Å²) in [5.41, 5.74) is 3.25. The predicted molar refractivity (Wildman–Crippen MR) is 114 cm³/mol. The smallest absolute Gasteiger partial charge is 0.177 e. The molecule has 9 atom stereocenters. The number of oxime groups is 1. The van der Waals surface area contributed by atoms with E-state index in [4.69, 9.17) is 9.47 Å². The largest absolute Gasteiger partial charge is 0.411 e. The third-order valence-corrected chi connectivity index (χ3v) is 11.0. The topological polar surface area (TPSA) is 51.1 Å². The maximum absolute atomic E-state index is 9.41. The Balaban J connectivity index is 1.29. The molecule has 7 rings (SSSR count). The first-order valence-corrected chi connectivity index (χ1v) is 12.4. The van der Waals surface area contributed by atoms with E-state index in [9.17, 15) is 5.21 Å². The zero-order chi connectivity index (χ0) is 20.3. The van der Waals surface area contributed by atoms with Crippen LogP contribution in [-0.2, 0) is 9.47 Å². The van der Waals surface area contributed by atoms with Crippen molar-refractivity contribution < 1.29 is 14.7 Å². The molecule has 7 aliphatic rings. The zero-order valence-electron chi connectivity index (χ0n) is 18.3. The molecule has 0 saturated heterocycles. The fourth-order valence-corrected chi connectivity index (χ4v) is 9.82. The Morgan fingerprint density at radius 1 is 1.20 bits per heavy atom. The summed E-state index contributed by atoms with van der Waals surface area (Å²) in [6.07, 6.45) is 18.3. The molecule has 1 aliphatic heterocycles. The Hall–Kier alpha value is -1.13. The van der Waals surface area contributed by atoms with Gasteiger partial charge in [-0.3, -0.25) is 0 Å².